The van der Waals surface area contributed by atoms with Gasteiger partial charge in [-0.05, 0) is 35.9 Å². The topological polar surface area (TPSA) is 73.1 Å². The number of halogens is 2. The number of fused-ring (bicyclic) bond motifs is 1. The molecule has 0 aliphatic heterocycles. The average Bonchev–Trinajstić information content (AvgIpc) is 2.53. The maximum Gasteiger partial charge on any atom is 0.141 e. The summed E-state index contributed by atoms with van der Waals surface area (Å²) in [6.45, 7) is 0.590. The van der Waals surface area contributed by atoms with Crippen molar-refractivity contribution in [2.24, 2.45) is 0 Å². The van der Waals surface area contributed by atoms with Gasteiger partial charge in [-0.1, -0.05) is 17.7 Å². The van der Waals surface area contributed by atoms with Crippen molar-refractivity contribution >= 4 is 46.4 Å². The molecule has 7 heteroatoms. The van der Waals surface area contributed by atoms with Gasteiger partial charge in [0.25, 0.3) is 0 Å². The molecule has 0 unspecified atom stereocenters. The fourth-order valence-corrected chi connectivity index (χ4v) is 2.42. The van der Waals surface area contributed by atoms with E-state index in [2.05, 4.69) is 15.3 Å². The summed E-state index contributed by atoms with van der Waals surface area (Å²) in [5.74, 6) is 1.41. The third-order valence-electron chi connectivity index (χ3n) is 3.35. The second-order valence-electron chi connectivity index (χ2n) is 4.81. The number of methoxy groups -OCH3 is 1. The van der Waals surface area contributed by atoms with Crippen LogP contribution in [0.1, 0.15) is 5.56 Å². The molecule has 0 fully saturated rings. The zero-order chi connectivity index (χ0) is 15.5. The Kier molecular flexibility index (Phi) is 5.47. The van der Waals surface area contributed by atoms with Gasteiger partial charge in [0.15, 0.2) is 0 Å². The molecule has 3 rings (SSSR count). The molecule has 0 saturated heterocycles. The molecule has 1 aromatic heterocycles. The predicted octanol–water partition coefficient (Wildman–Crippen LogP) is 3.91. The predicted molar refractivity (Wildman–Crippen MR) is 96.5 cm³/mol. The first kappa shape index (κ1) is 17.1. The normalized spacial score (nSPS) is 10.2. The van der Waals surface area contributed by atoms with Crippen LogP contribution in [0.2, 0.25) is 5.02 Å². The quantitative estimate of drug-likeness (QED) is 0.698. The van der Waals surface area contributed by atoms with Gasteiger partial charge < -0.3 is 15.8 Å². The van der Waals surface area contributed by atoms with E-state index in [0.29, 0.717) is 23.0 Å². The van der Waals surface area contributed by atoms with Crippen molar-refractivity contribution in [3.05, 3.63) is 53.3 Å². The molecule has 120 valence electrons. The number of nitrogens with two attached hydrogens (primary N) is 1. The molecule has 0 bridgehead atoms. The van der Waals surface area contributed by atoms with E-state index in [1.807, 2.05) is 36.4 Å². The molecule has 0 aliphatic carbocycles. The number of nitrogen functional groups attached to an aromatic ring is 1. The van der Waals surface area contributed by atoms with Gasteiger partial charge in [-0.15, -0.1) is 12.4 Å². The summed E-state index contributed by atoms with van der Waals surface area (Å²) in [4.78, 5) is 8.51. The third-order valence-corrected chi connectivity index (χ3v) is 3.59. The minimum atomic E-state index is 0. The highest BCUT2D eigenvalue weighted by atomic mass is 35.5. The van der Waals surface area contributed by atoms with Gasteiger partial charge in [-0.2, -0.15) is 0 Å². The molecule has 1 heterocycles. The molecule has 3 N–H and O–H groups in total. The number of ether oxygens (including phenoxy) is 1. The van der Waals surface area contributed by atoms with Gasteiger partial charge in [0.05, 0.1) is 18.3 Å². The van der Waals surface area contributed by atoms with Gasteiger partial charge >= 0.3 is 0 Å². The number of nitrogens with zero attached hydrogens (tertiary/aromatic N) is 2. The van der Waals surface area contributed by atoms with Crippen molar-refractivity contribution in [2.45, 2.75) is 6.54 Å². The molecule has 0 spiro atoms. The van der Waals surface area contributed by atoms with E-state index in [1.165, 1.54) is 6.33 Å². The molecule has 0 amide bonds. The Balaban J connectivity index is 0.00000192. The first-order valence-electron chi connectivity index (χ1n) is 6.74. The van der Waals surface area contributed by atoms with Crippen LogP contribution in [0, 0.1) is 0 Å². The maximum absolute atomic E-state index is 6.05. The van der Waals surface area contributed by atoms with Gasteiger partial charge in [-0.25, -0.2) is 9.97 Å². The Morgan fingerprint density at radius 3 is 2.74 bits per heavy atom. The maximum atomic E-state index is 6.05. The first-order chi connectivity index (χ1) is 10.7. The standard InChI is InChI=1S/C16H15ClN4O.ClH/c1-22-15-5-2-10(6-13(15)18)8-19-16-12-7-11(17)3-4-14(12)20-9-21-16;/h2-7,9H,8,18H2,1H3,(H,19,20,21);1H. The van der Waals surface area contributed by atoms with Crippen molar-refractivity contribution in [2.75, 3.05) is 18.2 Å². The number of hydrogen-bond acceptors (Lipinski definition) is 5. The zero-order valence-corrected chi connectivity index (χ0v) is 14.0. The summed E-state index contributed by atoms with van der Waals surface area (Å²) in [5, 5.41) is 4.83. The Morgan fingerprint density at radius 1 is 1.17 bits per heavy atom. The zero-order valence-electron chi connectivity index (χ0n) is 12.4. The van der Waals surface area contributed by atoms with Crippen LogP contribution in [-0.2, 0) is 6.54 Å². The van der Waals surface area contributed by atoms with Gasteiger partial charge in [0.1, 0.15) is 17.9 Å². The van der Waals surface area contributed by atoms with E-state index < -0.39 is 0 Å². The molecule has 0 saturated carbocycles. The van der Waals surface area contributed by atoms with Crippen molar-refractivity contribution in [1.29, 1.82) is 0 Å². The van der Waals surface area contributed by atoms with Crippen LogP contribution in [0.15, 0.2) is 42.7 Å². The molecule has 0 radical (unpaired) electrons. The van der Waals surface area contributed by atoms with Crippen molar-refractivity contribution in [3.8, 4) is 5.75 Å². The highest BCUT2D eigenvalue weighted by molar-refractivity contribution is 6.31. The molecule has 2 aromatic carbocycles. The van der Waals surface area contributed by atoms with E-state index in [4.69, 9.17) is 22.1 Å². The number of nitrogens with one attached hydrogen (secondary N) is 1. The second kappa shape index (κ2) is 7.35. The lowest BCUT2D eigenvalue weighted by atomic mass is 10.2. The summed E-state index contributed by atoms with van der Waals surface area (Å²) in [6, 6.07) is 11.2. The van der Waals surface area contributed by atoms with E-state index in [1.54, 1.807) is 7.11 Å². The monoisotopic (exact) mass is 350 g/mol. The Bertz CT molecular complexity index is 826. The minimum absolute atomic E-state index is 0. The molecule has 23 heavy (non-hydrogen) atoms. The van der Waals surface area contributed by atoms with E-state index in [0.717, 1.165) is 22.3 Å². The van der Waals surface area contributed by atoms with Crippen LogP contribution in [-0.4, -0.2) is 17.1 Å². The highest BCUT2D eigenvalue weighted by Crippen LogP contribution is 2.25. The fourth-order valence-electron chi connectivity index (χ4n) is 2.25. The number of anilines is 2. The van der Waals surface area contributed by atoms with Crippen LogP contribution in [0.4, 0.5) is 11.5 Å². The summed E-state index contributed by atoms with van der Waals surface area (Å²) < 4.78 is 5.15. The summed E-state index contributed by atoms with van der Waals surface area (Å²) >= 11 is 6.05. The summed E-state index contributed by atoms with van der Waals surface area (Å²) in [7, 11) is 1.60. The first-order valence-corrected chi connectivity index (χ1v) is 7.11. The minimum Gasteiger partial charge on any atom is -0.495 e. The van der Waals surface area contributed by atoms with Crippen LogP contribution in [0.3, 0.4) is 0 Å². The highest BCUT2D eigenvalue weighted by Gasteiger charge is 2.05. The number of benzene rings is 2. The SMILES string of the molecule is COc1ccc(CNc2ncnc3ccc(Cl)cc23)cc1N.Cl. The number of hydrogen-bond donors (Lipinski definition) is 2. The fraction of sp³-hybridized carbons (Fsp3) is 0.125. The number of aromatic nitrogens is 2. The van der Waals surface area contributed by atoms with Crippen LogP contribution >= 0.6 is 24.0 Å². The van der Waals surface area contributed by atoms with Crippen LogP contribution < -0.4 is 15.8 Å². The molecule has 3 aromatic rings. The molecular weight excluding hydrogens is 335 g/mol. The van der Waals surface area contributed by atoms with Gasteiger partial charge in [0.2, 0.25) is 0 Å². The summed E-state index contributed by atoms with van der Waals surface area (Å²) in [5.41, 5.74) is 8.40. The Morgan fingerprint density at radius 2 is 2.00 bits per heavy atom. The summed E-state index contributed by atoms with van der Waals surface area (Å²) in [6.07, 6.45) is 1.53. The van der Waals surface area contributed by atoms with E-state index in [-0.39, 0.29) is 12.4 Å². The molecular formula is C16H16Cl2N4O. The average molecular weight is 351 g/mol. The lowest BCUT2D eigenvalue weighted by molar-refractivity contribution is 0.417. The molecule has 0 aliphatic rings. The van der Waals surface area contributed by atoms with Crippen molar-refractivity contribution < 1.29 is 4.74 Å². The Labute approximate surface area is 145 Å². The van der Waals surface area contributed by atoms with Crippen molar-refractivity contribution in [1.82, 2.24) is 9.97 Å². The molecule has 0 atom stereocenters. The second-order valence-corrected chi connectivity index (χ2v) is 5.25. The van der Waals surface area contributed by atoms with Gasteiger partial charge in [-0.3, -0.25) is 0 Å². The van der Waals surface area contributed by atoms with Crippen LogP contribution in [0.25, 0.3) is 10.9 Å². The Hall–Kier alpha value is -2.24. The number of rotatable bonds is 4. The van der Waals surface area contributed by atoms with E-state index in [9.17, 15) is 0 Å². The van der Waals surface area contributed by atoms with Crippen LogP contribution in [0.5, 0.6) is 5.75 Å². The largest absolute Gasteiger partial charge is 0.495 e. The van der Waals surface area contributed by atoms with E-state index >= 15 is 0 Å². The lowest BCUT2D eigenvalue weighted by Gasteiger charge is -2.10. The van der Waals surface area contributed by atoms with Gasteiger partial charge in [0, 0.05) is 17.0 Å². The molecule has 5 nitrogen and oxygen atoms in total. The lowest BCUT2D eigenvalue weighted by Crippen LogP contribution is -2.03. The third kappa shape index (κ3) is 3.75. The smallest absolute Gasteiger partial charge is 0.141 e. The van der Waals surface area contributed by atoms with Crippen molar-refractivity contribution in [3.63, 3.8) is 0 Å².